The van der Waals surface area contributed by atoms with Crippen molar-refractivity contribution < 1.29 is 63.9 Å². The number of aliphatic hydroxyl groups is 5. The molecule has 268 valence electrons. The SMILES string of the molecule is CC1C=CC=CC=CC=CC(OC2OC(C)C(O)C(N)C2O)CC2OC(O)(CC(O)CC3OC3C=CC(=O)OC1C)CC(O)C2C(=O)O. The lowest BCUT2D eigenvalue weighted by Gasteiger charge is -2.45. The van der Waals surface area contributed by atoms with Crippen LogP contribution >= 0.6 is 0 Å². The molecule has 3 saturated heterocycles. The highest BCUT2D eigenvalue weighted by molar-refractivity contribution is 5.82. The number of aliphatic hydroxyl groups excluding tert-OH is 4. The fourth-order valence-electron chi connectivity index (χ4n) is 6.10. The van der Waals surface area contributed by atoms with Crippen molar-refractivity contribution in [2.45, 2.75) is 126 Å². The Labute approximate surface area is 279 Å². The average Bonchev–Trinajstić information content (AvgIpc) is 3.74. The zero-order valence-electron chi connectivity index (χ0n) is 27.3. The first-order valence-electron chi connectivity index (χ1n) is 16.3. The molecule has 0 aliphatic carbocycles. The van der Waals surface area contributed by atoms with E-state index in [1.165, 1.54) is 6.08 Å². The largest absolute Gasteiger partial charge is 0.481 e. The van der Waals surface area contributed by atoms with Crippen molar-refractivity contribution in [2.75, 3.05) is 0 Å². The molecule has 0 aromatic rings. The second-order valence-corrected chi connectivity index (χ2v) is 13.0. The maximum absolute atomic E-state index is 12.3. The van der Waals surface area contributed by atoms with E-state index in [2.05, 4.69) is 0 Å². The molecule has 15 atom stereocenters. The van der Waals surface area contributed by atoms with Gasteiger partial charge in [-0.2, -0.15) is 0 Å². The van der Waals surface area contributed by atoms with Crippen molar-refractivity contribution in [2.24, 2.45) is 17.6 Å². The molecule has 4 heterocycles. The first-order valence-corrected chi connectivity index (χ1v) is 16.3. The van der Waals surface area contributed by atoms with Gasteiger partial charge in [0.25, 0.3) is 0 Å². The molecule has 3 fully saturated rings. The van der Waals surface area contributed by atoms with Crippen molar-refractivity contribution >= 4 is 11.9 Å². The summed E-state index contributed by atoms with van der Waals surface area (Å²) in [4.78, 5) is 24.6. The van der Waals surface area contributed by atoms with E-state index in [0.717, 1.165) is 0 Å². The molecule has 15 unspecified atom stereocenters. The van der Waals surface area contributed by atoms with E-state index in [1.54, 1.807) is 56.4 Å². The van der Waals surface area contributed by atoms with Crippen molar-refractivity contribution in [1.82, 2.24) is 0 Å². The summed E-state index contributed by atoms with van der Waals surface area (Å²) in [5.41, 5.74) is 5.98. The fourth-order valence-corrected chi connectivity index (χ4v) is 6.10. The van der Waals surface area contributed by atoms with Gasteiger partial charge < -0.3 is 60.1 Å². The fraction of sp³-hybridized carbons (Fsp3) is 0.647. The number of carboxylic acids is 1. The van der Waals surface area contributed by atoms with Crippen molar-refractivity contribution in [3.63, 3.8) is 0 Å². The van der Waals surface area contributed by atoms with Crippen LogP contribution in [0.3, 0.4) is 0 Å². The molecule has 14 heteroatoms. The Hall–Kier alpha value is -2.76. The summed E-state index contributed by atoms with van der Waals surface area (Å²) in [5.74, 6) is -5.53. The van der Waals surface area contributed by atoms with Crippen LogP contribution < -0.4 is 5.73 Å². The Balaban J connectivity index is 1.60. The summed E-state index contributed by atoms with van der Waals surface area (Å²) in [5, 5.41) is 64.1. The molecule has 4 aliphatic heterocycles. The molecule has 0 saturated carbocycles. The van der Waals surface area contributed by atoms with Crippen LogP contribution in [0.5, 0.6) is 0 Å². The van der Waals surface area contributed by atoms with Gasteiger partial charge in [0, 0.05) is 37.7 Å². The zero-order valence-corrected chi connectivity index (χ0v) is 27.3. The van der Waals surface area contributed by atoms with E-state index >= 15 is 0 Å². The van der Waals surface area contributed by atoms with E-state index in [4.69, 9.17) is 29.4 Å². The maximum Gasteiger partial charge on any atom is 0.330 e. The molecular weight excluding hydrogens is 630 g/mol. The number of hydrogen-bond acceptors (Lipinski definition) is 13. The van der Waals surface area contributed by atoms with Crippen LogP contribution in [0.1, 0.15) is 46.5 Å². The number of allylic oxidation sites excluding steroid dienone is 6. The van der Waals surface area contributed by atoms with Gasteiger partial charge in [0.2, 0.25) is 0 Å². The molecule has 0 aromatic heterocycles. The maximum atomic E-state index is 12.3. The first kappa shape index (κ1) is 38.0. The van der Waals surface area contributed by atoms with Crippen molar-refractivity contribution in [3.8, 4) is 0 Å². The third kappa shape index (κ3) is 10.4. The summed E-state index contributed by atoms with van der Waals surface area (Å²) < 4.78 is 28.7. The minimum Gasteiger partial charge on any atom is -0.481 e. The third-order valence-corrected chi connectivity index (χ3v) is 9.11. The number of carbonyl (C=O) groups excluding carboxylic acids is 1. The van der Waals surface area contributed by atoms with Crippen LogP contribution in [0.25, 0.3) is 0 Å². The molecule has 0 spiro atoms. The first-order chi connectivity index (χ1) is 22.7. The molecule has 4 aliphatic rings. The lowest BCUT2D eigenvalue weighted by molar-refractivity contribution is -0.308. The molecule has 14 nitrogen and oxygen atoms in total. The van der Waals surface area contributed by atoms with Gasteiger partial charge in [0.05, 0.1) is 48.8 Å². The zero-order chi connectivity index (χ0) is 35.2. The van der Waals surface area contributed by atoms with Gasteiger partial charge in [-0.15, -0.1) is 0 Å². The number of nitrogens with two attached hydrogens (primary N) is 1. The van der Waals surface area contributed by atoms with Gasteiger partial charge in [0.1, 0.15) is 24.2 Å². The van der Waals surface area contributed by atoms with Crippen LogP contribution in [-0.4, -0.2) is 122 Å². The molecule has 4 rings (SSSR count). The number of cyclic esters (lactones) is 1. The predicted molar refractivity (Wildman–Crippen MR) is 170 cm³/mol. The van der Waals surface area contributed by atoms with Gasteiger partial charge in [-0.1, -0.05) is 55.5 Å². The Morgan fingerprint density at radius 3 is 2.23 bits per heavy atom. The highest BCUT2D eigenvalue weighted by Crippen LogP contribution is 2.39. The predicted octanol–water partition coefficient (Wildman–Crippen LogP) is 0.366. The Kier molecular flexibility index (Phi) is 13.3. The molecule has 2 bridgehead atoms. The van der Waals surface area contributed by atoms with Gasteiger partial charge in [0.15, 0.2) is 12.1 Å². The smallest absolute Gasteiger partial charge is 0.330 e. The normalized spacial score (nSPS) is 44.7. The number of carboxylic acid groups (broad SMARTS) is 1. The Morgan fingerprint density at radius 1 is 0.875 bits per heavy atom. The molecule has 48 heavy (non-hydrogen) atoms. The van der Waals surface area contributed by atoms with E-state index in [1.807, 2.05) is 19.1 Å². The number of fused-ring (bicyclic) bond motifs is 3. The summed E-state index contributed by atoms with van der Waals surface area (Å²) in [7, 11) is 0. The molecular formula is C34H49NO13. The van der Waals surface area contributed by atoms with Gasteiger partial charge in [-0.3, -0.25) is 4.79 Å². The van der Waals surface area contributed by atoms with Crippen LogP contribution in [0.4, 0.5) is 0 Å². The number of aliphatic carboxylic acids is 1. The summed E-state index contributed by atoms with van der Waals surface area (Å²) in [6, 6.07) is -1.08. The molecule has 0 amide bonds. The van der Waals surface area contributed by atoms with Crippen LogP contribution in [0.2, 0.25) is 0 Å². The quantitative estimate of drug-likeness (QED) is 0.158. The topological polar surface area (TPSA) is 231 Å². The molecule has 8 N–H and O–H groups in total. The van der Waals surface area contributed by atoms with Crippen LogP contribution in [0.15, 0.2) is 60.8 Å². The van der Waals surface area contributed by atoms with Crippen molar-refractivity contribution in [1.29, 1.82) is 0 Å². The van der Waals surface area contributed by atoms with Gasteiger partial charge >= 0.3 is 11.9 Å². The van der Waals surface area contributed by atoms with Crippen LogP contribution in [0, 0.1) is 11.8 Å². The number of ether oxygens (including phenoxy) is 5. The van der Waals surface area contributed by atoms with E-state index in [9.17, 15) is 40.2 Å². The standard InChI is InChI=1S/C34H49NO13/c1-18-10-8-6-4-5-7-9-11-22(46-33-31(40)29(35)30(39)20(3)45-33)15-26-28(32(41)42)23(37)17-34(43,48-26)16-21(36)14-25-24(47-25)12-13-27(38)44-19(18)2/h4-13,18-26,28-31,33,36-37,39-40,43H,14-17,35H2,1-3H3,(H,41,42). The summed E-state index contributed by atoms with van der Waals surface area (Å²) in [6.45, 7) is 5.27. The molecule has 0 radical (unpaired) electrons. The van der Waals surface area contributed by atoms with Crippen LogP contribution in [-0.2, 0) is 33.3 Å². The second-order valence-electron chi connectivity index (χ2n) is 13.0. The van der Waals surface area contributed by atoms with E-state index < -0.39 is 103 Å². The highest BCUT2D eigenvalue weighted by Gasteiger charge is 2.51. The number of esters is 1. The second kappa shape index (κ2) is 16.8. The summed E-state index contributed by atoms with van der Waals surface area (Å²) in [6.07, 6.45) is 4.79. The summed E-state index contributed by atoms with van der Waals surface area (Å²) >= 11 is 0. The molecule has 0 aromatic carbocycles. The number of rotatable bonds is 3. The number of epoxide rings is 1. The minimum atomic E-state index is -2.10. The Morgan fingerprint density at radius 2 is 1.54 bits per heavy atom. The minimum absolute atomic E-state index is 0.0747. The van der Waals surface area contributed by atoms with E-state index in [-0.39, 0.29) is 25.2 Å². The lowest BCUT2D eigenvalue weighted by atomic mass is 9.83. The number of carbonyl (C=O) groups is 2. The average molecular weight is 680 g/mol. The van der Waals surface area contributed by atoms with Gasteiger partial charge in [-0.05, 0) is 19.9 Å². The van der Waals surface area contributed by atoms with Crippen molar-refractivity contribution in [3.05, 3.63) is 60.8 Å². The Bertz CT molecular complexity index is 1250. The number of hydrogen-bond donors (Lipinski definition) is 7. The van der Waals surface area contributed by atoms with E-state index in [0.29, 0.717) is 0 Å². The lowest BCUT2D eigenvalue weighted by Crippen LogP contribution is -2.61. The third-order valence-electron chi connectivity index (χ3n) is 9.11. The monoisotopic (exact) mass is 679 g/mol. The van der Waals surface area contributed by atoms with Gasteiger partial charge in [-0.25, -0.2) is 4.79 Å². The highest BCUT2D eigenvalue weighted by atomic mass is 16.7.